The summed E-state index contributed by atoms with van der Waals surface area (Å²) >= 11 is 0. The molecule has 12 heteroatoms. The second-order valence-electron chi connectivity index (χ2n) is 13.2. The molecule has 2 aliphatic heterocycles. The first-order chi connectivity index (χ1) is 26.4. The minimum absolute atomic E-state index is 0.113. The molecule has 4 aromatic carbocycles. The Morgan fingerprint density at radius 2 is 0.870 bits per heavy atom. The molecule has 0 aromatic heterocycles. The second-order valence-corrected chi connectivity index (χ2v) is 13.2. The maximum Gasteiger partial charge on any atom is 0.302 e. The molecule has 0 aliphatic carbocycles. The Labute approximate surface area is 315 Å². The quantitative estimate of drug-likeness (QED) is 0.134. The molecule has 0 radical (unpaired) electrons. The third kappa shape index (κ3) is 10.8. The van der Waals surface area contributed by atoms with Crippen molar-refractivity contribution < 1.29 is 58.0 Å². The van der Waals surface area contributed by atoms with Gasteiger partial charge in [0.15, 0.2) is 12.6 Å². The van der Waals surface area contributed by atoms with E-state index in [0.717, 1.165) is 22.3 Å². The highest BCUT2D eigenvalue weighted by atomic mass is 16.8. The minimum Gasteiger partial charge on any atom is -0.463 e. The predicted molar refractivity (Wildman–Crippen MR) is 194 cm³/mol. The van der Waals surface area contributed by atoms with Crippen molar-refractivity contribution in [2.75, 3.05) is 13.2 Å². The van der Waals surface area contributed by atoms with Gasteiger partial charge in [-0.15, -0.1) is 0 Å². The molecule has 288 valence electrons. The molecular weight excluding hydrogens is 696 g/mol. The summed E-state index contributed by atoms with van der Waals surface area (Å²) in [6.07, 6.45) is -11.6. The van der Waals surface area contributed by atoms with Crippen LogP contribution in [0.3, 0.4) is 0 Å². The Bertz CT molecular complexity index is 1660. The SMILES string of the molecule is CC(=O)OC[C@H]1O[C@H](O[C@H]2O[C@H](CO)[C@@H](O)[C@H](OCc3ccccc3)[C@H]2OCc2ccccc2)[C@H](OCc2ccccc2)[C@@H](OCc2ccccc2)[C@@H]1O. The topological polar surface area (TPSA) is 152 Å². The summed E-state index contributed by atoms with van der Waals surface area (Å²) in [5.41, 5.74) is 3.43. The van der Waals surface area contributed by atoms with Crippen LogP contribution in [0.4, 0.5) is 0 Å². The third-order valence-electron chi connectivity index (χ3n) is 9.28. The molecule has 4 aromatic rings. The van der Waals surface area contributed by atoms with Crippen molar-refractivity contribution in [3.05, 3.63) is 144 Å². The number of esters is 1. The number of carbonyl (C=O) groups is 1. The molecule has 0 amide bonds. The van der Waals surface area contributed by atoms with Gasteiger partial charge in [0, 0.05) is 6.92 Å². The van der Waals surface area contributed by atoms with E-state index in [1.165, 1.54) is 6.92 Å². The van der Waals surface area contributed by atoms with Crippen LogP contribution in [0.2, 0.25) is 0 Å². The van der Waals surface area contributed by atoms with Crippen molar-refractivity contribution >= 4 is 5.97 Å². The Kier molecular flexibility index (Phi) is 14.7. The first kappa shape index (κ1) is 39.6. The Morgan fingerprint density at radius 3 is 1.22 bits per heavy atom. The molecule has 2 heterocycles. The zero-order chi connectivity index (χ0) is 37.7. The van der Waals surface area contributed by atoms with E-state index >= 15 is 0 Å². The summed E-state index contributed by atoms with van der Waals surface area (Å²) in [5.74, 6) is -0.560. The summed E-state index contributed by atoms with van der Waals surface area (Å²) < 4.78 is 50.1. The van der Waals surface area contributed by atoms with E-state index in [4.69, 9.17) is 37.9 Å². The molecule has 0 spiro atoms. The van der Waals surface area contributed by atoms with Gasteiger partial charge >= 0.3 is 5.97 Å². The van der Waals surface area contributed by atoms with E-state index in [1.54, 1.807) is 0 Å². The maximum absolute atomic E-state index is 11.9. The first-order valence-electron chi connectivity index (χ1n) is 18.1. The fourth-order valence-corrected chi connectivity index (χ4v) is 6.42. The van der Waals surface area contributed by atoms with Gasteiger partial charge in [-0.05, 0) is 22.3 Å². The van der Waals surface area contributed by atoms with Gasteiger partial charge in [0.05, 0.1) is 33.0 Å². The van der Waals surface area contributed by atoms with Gasteiger partial charge in [-0.1, -0.05) is 121 Å². The first-order valence-corrected chi connectivity index (χ1v) is 18.1. The summed E-state index contributed by atoms with van der Waals surface area (Å²) in [7, 11) is 0. The number of hydrogen-bond donors (Lipinski definition) is 3. The zero-order valence-corrected chi connectivity index (χ0v) is 30.1. The largest absolute Gasteiger partial charge is 0.463 e. The standard InChI is InChI=1S/C42H48O12/c1-28(44)47-27-34-36(46)38(49-24-30-16-8-3-9-17-30)40(51-26-32-20-12-5-13-21-32)42(53-34)54-41-39(50-25-31-18-10-4-11-19-31)37(35(45)33(22-43)52-41)48-23-29-14-6-2-7-15-29/h2-21,33-43,45-46H,22-27H2,1H3/t33-,34-,35-,36-,37+,38+,39-,40-,41-,42-/m1/s1. The van der Waals surface area contributed by atoms with Gasteiger partial charge in [-0.2, -0.15) is 0 Å². The van der Waals surface area contributed by atoms with E-state index in [0.29, 0.717) is 0 Å². The summed E-state index contributed by atoms with van der Waals surface area (Å²) in [4.78, 5) is 11.9. The van der Waals surface area contributed by atoms with E-state index in [1.807, 2.05) is 121 Å². The second kappa shape index (κ2) is 20.0. The van der Waals surface area contributed by atoms with Crippen LogP contribution < -0.4 is 0 Å². The van der Waals surface area contributed by atoms with E-state index in [9.17, 15) is 20.1 Å². The predicted octanol–water partition coefficient (Wildman–Crippen LogP) is 4.07. The Hall–Kier alpha value is -4.05. The van der Waals surface area contributed by atoms with E-state index < -0.39 is 74.0 Å². The number of benzene rings is 4. The summed E-state index contributed by atoms with van der Waals surface area (Å²) in [6, 6.07) is 37.9. The van der Waals surface area contributed by atoms with Crippen molar-refractivity contribution in [2.45, 2.75) is 94.8 Å². The molecule has 10 atom stereocenters. The van der Waals surface area contributed by atoms with Gasteiger partial charge in [-0.3, -0.25) is 4.79 Å². The van der Waals surface area contributed by atoms with Crippen molar-refractivity contribution in [1.82, 2.24) is 0 Å². The number of aliphatic hydroxyl groups is 3. The van der Waals surface area contributed by atoms with Crippen molar-refractivity contribution in [1.29, 1.82) is 0 Å². The van der Waals surface area contributed by atoms with Crippen molar-refractivity contribution in [3.8, 4) is 0 Å². The molecule has 3 N–H and O–H groups in total. The Balaban J connectivity index is 1.32. The average Bonchev–Trinajstić information content (AvgIpc) is 3.20. The molecule has 0 saturated carbocycles. The lowest BCUT2D eigenvalue weighted by molar-refractivity contribution is -0.389. The highest BCUT2D eigenvalue weighted by molar-refractivity contribution is 5.65. The van der Waals surface area contributed by atoms with Crippen molar-refractivity contribution in [3.63, 3.8) is 0 Å². The Morgan fingerprint density at radius 1 is 0.537 bits per heavy atom. The lowest BCUT2D eigenvalue weighted by atomic mass is 9.97. The van der Waals surface area contributed by atoms with Crippen molar-refractivity contribution in [2.24, 2.45) is 0 Å². The van der Waals surface area contributed by atoms with Crippen LogP contribution in [-0.2, 0) is 69.1 Å². The van der Waals surface area contributed by atoms with Gasteiger partial charge < -0.3 is 53.2 Å². The number of aliphatic hydroxyl groups excluding tert-OH is 3. The molecule has 6 rings (SSSR count). The van der Waals surface area contributed by atoms with Gasteiger partial charge in [0.1, 0.15) is 55.4 Å². The van der Waals surface area contributed by atoms with Crippen LogP contribution >= 0.6 is 0 Å². The zero-order valence-electron chi connectivity index (χ0n) is 30.1. The lowest BCUT2D eigenvalue weighted by Gasteiger charge is -2.48. The molecule has 0 unspecified atom stereocenters. The molecule has 0 bridgehead atoms. The van der Waals surface area contributed by atoms with Gasteiger partial charge in [0.2, 0.25) is 0 Å². The highest BCUT2D eigenvalue weighted by Crippen LogP contribution is 2.34. The smallest absolute Gasteiger partial charge is 0.302 e. The van der Waals surface area contributed by atoms with Crippen LogP contribution in [0.15, 0.2) is 121 Å². The van der Waals surface area contributed by atoms with Crippen LogP contribution in [0.1, 0.15) is 29.2 Å². The molecular formula is C42H48O12. The van der Waals surface area contributed by atoms with Crippen LogP contribution in [0.5, 0.6) is 0 Å². The molecule has 54 heavy (non-hydrogen) atoms. The average molecular weight is 745 g/mol. The van der Waals surface area contributed by atoms with Crippen LogP contribution in [0, 0.1) is 0 Å². The fraction of sp³-hybridized carbons (Fsp3) is 0.405. The van der Waals surface area contributed by atoms with E-state index in [-0.39, 0.29) is 33.0 Å². The fourth-order valence-electron chi connectivity index (χ4n) is 6.42. The molecule has 2 fully saturated rings. The monoisotopic (exact) mass is 744 g/mol. The highest BCUT2D eigenvalue weighted by Gasteiger charge is 2.53. The van der Waals surface area contributed by atoms with Crippen LogP contribution in [0.25, 0.3) is 0 Å². The number of hydrogen-bond acceptors (Lipinski definition) is 12. The third-order valence-corrected chi connectivity index (χ3v) is 9.28. The minimum atomic E-state index is -1.31. The number of ether oxygens (including phenoxy) is 8. The summed E-state index contributed by atoms with van der Waals surface area (Å²) in [5, 5.41) is 33.5. The van der Waals surface area contributed by atoms with Gasteiger partial charge in [-0.25, -0.2) is 0 Å². The molecule has 2 aliphatic rings. The molecule has 12 nitrogen and oxygen atoms in total. The normalized spacial score (nSPS) is 28.4. The van der Waals surface area contributed by atoms with Crippen LogP contribution in [-0.4, -0.2) is 95.9 Å². The summed E-state index contributed by atoms with van der Waals surface area (Å²) in [6.45, 7) is 0.902. The molecule has 2 saturated heterocycles. The van der Waals surface area contributed by atoms with E-state index in [2.05, 4.69) is 0 Å². The number of carbonyl (C=O) groups excluding carboxylic acids is 1. The van der Waals surface area contributed by atoms with Gasteiger partial charge in [0.25, 0.3) is 0 Å². The lowest BCUT2D eigenvalue weighted by Crippen LogP contribution is -2.65. The number of rotatable bonds is 17. The maximum atomic E-state index is 11.9.